The van der Waals surface area contributed by atoms with Crippen LogP contribution in [0.1, 0.15) is 19.8 Å². The molecule has 0 bridgehead atoms. The number of hydrogen-bond acceptors (Lipinski definition) is 7. The Hall–Kier alpha value is -4.53. The lowest BCUT2D eigenvalue weighted by Gasteiger charge is -2.31. The summed E-state index contributed by atoms with van der Waals surface area (Å²) >= 11 is 0. The van der Waals surface area contributed by atoms with Gasteiger partial charge in [-0.15, -0.1) is 10.2 Å². The summed E-state index contributed by atoms with van der Waals surface area (Å²) in [7, 11) is 0. The number of pyridine rings is 1. The molecule has 182 valence electrons. The van der Waals surface area contributed by atoms with E-state index in [0.29, 0.717) is 17.2 Å². The smallest absolute Gasteiger partial charge is 0.227 e. The summed E-state index contributed by atoms with van der Waals surface area (Å²) in [5, 5.41) is 19.8. The van der Waals surface area contributed by atoms with Crippen molar-refractivity contribution in [3.05, 3.63) is 72.9 Å². The fourth-order valence-corrected chi connectivity index (χ4v) is 4.36. The maximum atomic E-state index is 12.7. The largest absolute Gasteiger partial charge is 0.355 e. The molecule has 1 aliphatic heterocycles. The average Bonchev–Trinajstić information content (AvgIpc) is 2.90. The highest BCUT2D eigenvalue weighted by Crippen LogP contribution is 2.26. The van der Waals surface area contributed by atoms with Gasteiger partial charge in [-0.1, -0.05) is 24.3 Å². The molecule has 0 unspecified atom stereocenters. The number of aromatic nitrogens is 3. The maximum Gasteiger partial charge on any atom is 0.227 e. The van der Waals surface area contributed by atoms with Crippen molar-refractivity contribution < 1.29 is 9.59 Å². The van der Waals surface area contributed by atoms with Crippen molar-refractivity contribution in [3.63, 3.8) is 0 Å². The molecule has 1 fully saturated rings. The molecule has 0 spiro atoms. The van der Waals surface area contributed by atoms with Crippen LogP contribution >= 0.6 is 0 Å². The second-order valence-corrected chi connectivity index (χ2v) is 8.79. The Bertz CT molecular complexity index is 1360. The third kappa shape index (κ3) is 5.41. The number of anilines is 5. The molecule has 9 heteroatoms. The topological polar surface area (TPSA) is 112 Å². The quantitative estimate of drug-likeness (QED) is 0.369. The van der Waals surface area contributed by atoms with E-state index in [4.69, 9.17) is 0 Å². The van der Waals surface area contributed by atoms with Crippen molar-refractivity contribution in [1.29, 1.82) is 0 Å². The number of amides is 2. The van der Waals surface area contributed by atoms with Crippen LogP contribution in [0, 0.1) is 5.92 Å². The summed E-state index contributed by atoms with van der Waals surface area (Å²) in [5.41, 5.74) is 1.41. The van der Waals surface area contributed by atoms with E-state index in [-0.39, 0.29) is 17.7 Å². The number of carbonyl (C=O) groups excluding carboxylic acids is 2. The van der Waals surface area contributed by atoms with Crippen LogP contribution in [0.5, 0.6) is 0 Å². The van der Waals surface area contributed by atoms with E-state index in [2.05, 4.69) is 36.0 Å². The van der Waals surface area contributed by atoms with Gasteiger partial charge >= 0.3 is 0 Å². The molecule has 0 aliphatic carbocycles. The lowest BCUT2D eigenvalue weighted by Crippen LogP contribution is -2.38. The van der Waals surface area contributed by atoms with E-state index < -0.39 is 0 Å². The van der Waals surface area contributed by atoms with Crippen LogP contribution in [-0.2, 0) is 9.59 Å². The molecule has 2 aromatic carbocycles. The van der Waals surface area contributed by atoms with E-state index in [1.807, 2.05) is 42.5 Å². The lowest BCUT2D eigenvalue weighted by atomic mass is 9.96. The first-order valence-electron chi connectivity index (χ1n) is 11.9. The van der Waals surface area contributed by atoms with Crippen LogP contribution in [0.15, 0.2) is 72.9 Å². The molecule has 5 rings (SSSR count). The minimum atomic E-state index is -0.129. The maximum absolute atomic E-state index is 12.7. The molecule has 2 amide bonds. The predicted molar refractivity (Wildman–Crippen MR) is 141 cm³/mol. The number of carbonyl (C=O) groups is 2. The zero-order chi connectivity index (χ0) is 24.9. The molecule has 1 aliphatic rings. The van der Waals surface area contributed by atoms with Gasteiger partial charge in [0.15, 0.2) is 11.6 Å². The Labute approximate surface area is 209 Å². The predicted octanol–water partition coefficient (Wildman–Crippen LogP) is 4.58. The van der Waals surface area contributed by atoms with E-state index in [0.717, 1.165) is 48.3 Å². The van der Waals surface area contributed by atoms with Crippen LogP contribution in [0.25, 0.3) is 10.8 Å². The Kier molecular flexibility index (Phi) is 6.70. The second kappa shape index (κ2) is 10.4. The van der Waals surface area contributed by atoms with Gasteiger partial charge in [0.1, 0.15) is 5.82 Å². The third-order valence-corrected chi connectivity index (χ3v) is 6.23. The first-order valence-corrected chi connectivity index (χ1v) is 11.9. The first kappa shape index (κ1) is 23.2. The van der Waals surface area contributed by atoms with Crippen LogP contribution < -0.4 is 20.9 Å². The summed E-state index contributed by atoms with van der Waals surface area (Å²) in [6.07, 6.45) is 3.24. The van der Waals surface area contributed by atoms with Crippen LogP contribution in [-0.4, -0.2) is 40.1 Å². The Morgan fingerprint density at radius 2 is 1.58 bits per heavy atom. The zero-order valence-electron chi connectivity index (χ0n) is 19.9. The molecule has 2 aromatic heterocycles. The van der Waals surface area contributed by atoms with Crippen LogP contribution in [0.3, 0.4) is 0 Å². The molecule has 4 aromatic rings. The van der Waals surface area contributed by atoms with E-state index in [1.54, 1.807) is 30.5 Å². The van der Waals surface area contributed by atoms with Gasteiger partial charge in [-0.25, -0.2) is 4.98 Å². The Morgan fingerprint density at radius 1 is 0.861 bits per heavy atom. The van der Waals surface area contributed by atoms with Gasteiger partial charge in [-0.3, -0.25) is 9.59 Å². The normalized spacial score (nSPS) is 13.9. The summed E-state index contributed by atoms with van der Waals surface area (Å²) in [6.45, 7) is 2.92. The average molecular weight is 482 g/mol. The summed E-state index contributed by atoms with van der Waals surface area (Å²) in [4.78, 5) is 30.5. The molecular formula is C27H27N7O2. The third-order valence-electron chi connectivity index (χ3n) is 6.23. The van der Waals surface area contributed by atoms with Gasteiger partial charge in [-0.05, 0) is 60.7 Å². The van der Waals surface area contributed by atoms with Gasteiger partial charge in [-0.2, -0.15) is 0 Å². The van der Waals surface area contributed by atoms with E-state index in [1.165, 1.54) is 6.92 Å². The highest BCUT2D eigenvalue weighted by atomic mass is 16.2. The summed E-state index contributed by atoms with van der Waals surface area (Å²) in [6, 6.07) is 21.0. The monoisotopic (exact) mass is 481 g/mol. The molecule has 0 radical (unpaired) electrons. The number of hydrogen-bond donors (Lipinski definition) is 3. The van der Waals surface area contributed by atoms with Crippen molar-refractivity contribution in [2.45, 2.75) is 19.8 Å². The molecule has 0 atom stereocenters. The van der Waals surface area contributed by atoms with Crippen LogP contribution in [0.2, 0.25) is 0 Å². The summed E-state index contributed by atoms with van der Waals surface area (Å²) < 4.78 is 0. The number of fused-ring (bicyclic) bond motifs is 1. The SMILES string of the molecule is CC(=O)Nc1ccc(NC(=O)C2CCN(c3ccc(Nc4nccc5ccccc45)nn3)CC2)cc1. The number of rotatable bonds is 6. The molecule has 36 heavy (non-hydrogen) atoms. The molecule has 1 saturated heterocycles. The van der Waals surface area contributed by atoms with Gasteiger partial charge in [0.2, 0.25) is 11.8 Å². The van der Waals surface area contributed by atoms with Crippen molar-refractivity contribution in [2.24, 2.45) is 5.92 Å². The highest BCUT2D eigenvalue weighted by molar-refractivity contribution is 5.94. The fraction of sp³-hybridized carbons (Fsp3) is 0.222. The van der Waals surface area contributed by atoms with Gasteiger partial charge in [0.25, 0.3) is 0 Å². The molecule has 3 N–H and O–H groups in total. The molecule has 0 saturated carbocycles. The highest BCUT2D eigenvalue weighted by Gasteiger charge is 2.26. The van der Waals surface area contributed by atoms with E-state index in [9.17, 15) is 9.59 Å². The molecule has 3 heterocycles. The van der Waals surface area contributed by atoms with Crippen molar-refractivity contribution >= 4 is 51.4 Å². The van der Waals surface area contributed by atoms with Gasteiger partial charge in [0.05, 0.1) is 0 Å². The number of nitrogens with zero attached hydrogens (tertiary/aromatic N) is 4. The Balaban J connectivity index is 1.15. The van der Waals surface area contributed by atoms with Crippen LogP contribution in [0.4, 0.5) is 28.8 Å². The number of nitrogens with one attached hydrogen (secondary N) is 3. The minimum absolute atomic E-state index is 0.00940. The lowest BCUT2D eigenvalue weighted by molar-refractivity contribution is -0.120. The fourth-order valence-electron chi connectivity index (χ4n) is 4.36. The van der Waals surface area contributed by atoms with Gasteiger partial charge < -0.3 is 20.9 Å². The standard InChI is InChI=1S/C27H27N7O2/c1-18(35)29-21-6-8-22(9-7-21)30-27(36)20-13-16-34(17-14-20)25-11-10-24(32-33-25)31-26-23-5-3-2-4-19(23)12-15-28-26/h2-12,15,20H,13-14,16-17H2,1H3,(H,29,35)(H,30,36)(H,28,31,32). The van der Waals surface area contributed by atoms with Crippen molar-refractivity contribution in [2.75, 3.05) is 33.9 Å². The van der Waals surface area contributed by atoms with Crippen molar-refractivity contribution in [1.82, 2.24) is 15.2 Å². The minimum Gasteiger partial charge on any atom is -0.355 e. The Morgan fingerprint density at radius 3 is 2.28 bits per heavy atom. The number of piperidine rings is 1. The second-order valence-electron chi connectivity index (χ2n) is 8.79. The van der Waals surface area contributed by atoms with Crippen molar-refractivity contribution in [3.8, 4) is 0 Å². The van der Waals surface area contributed by atoms with Gasteiger partial charge in [0, 0.05) is 48.9 Å². The first-order chi connectivity index (χ1) is 17.5. The van der Waals surface area contributed by atoms with E-state index >= 15 is 0 Å². The molecule has 9 nitrogen and oxygen atoms in total. The molecular weight excluding hydrogens is 454 g/mol. The number of benzene rings is 2. The summed E-state index contributed by atoms with van der Waals surface area (Å²) in [5.74, 6) is 1.97. The zero-order valence-corrected chi connectivity index (χ0v) is 19.9.